The second-order valence-corrected chi connectivity index (χ2v) is 15.4. The van der Waals surface area contributed by atoms with Gasteiger partial charge in [-0.3, -0.25) is 4.98 Å². The van der Waals surface area contributed by atoms with Gasteiger partial charge < -0.3 is 0 Å². The lowest BCUT2D eigenvalue weighted by molar-refractivity contribution is 0.590. The van der Waals surface area contributed by atoms with Crippen LogP contribution >= 0.6 is 0 Å². The summed E-state index contributed by atoms with van der Waals surface area (Å²) < 4.78 is 0. The van der Waals surface area contributed by atoms with Gasteiger partial charge in [0.05, 0.1) is 5.69 Å². The molecule has 0 aliphatic carbocycles. The van der Waals surface area contributed by atoms with E-state index < -0.39 is 0 Å². The molecule has 0 radical (unpaired) electrons. The summed E-state index contributed by atoms with van der Waals surface area (Å²) in [6.45, 7) is 11.1. The average molecular weight is 713 g/mol. The number of hydrogen-bond donors (Lipinski definition) is 0. The Hall–Kier alpha value is -6.52. The van der Waals surface area contributed by atoms with Crippen LogP contribution in [0.15, 0.2) is 164 Å². The minimum atomic E-state index is 0.0627. The topological polar surface area (TPSA) is 51.6 Å². The Morgan fingerprint density at radius 1 is 0.436 bits per heavy atom. The normalized spacial score (nSPS) is 11.4. The Kier molecular flexibility index (Phi) is 9.73. The third-order valence-corrected chi connectivity index (χ3v) is 10.1. The molecule has 0 saturated heterocycles. The van der Waals surface area contributed by atoms with E-state index in [9.17, 15) is 0 Å². The van der Waals surface area contributed by atoms with E-state index in [0.717, 1.165) is 39.3 Å². The molecule has 0 saturated carbocycles. The molecule has 0 fully saturated rings. The van der Waals surface area contributed by atoms with Crippen molar-refractivity contribution in [3.63, 3.8) is 0 Å². The maximum absolute atomic E-state index is 5.01. The van der Waals surface area contributed by atoms with Crippen molar-refractivity contribution in [2.24, 2.45) is 0 Å². The highest BCUT2D eigenvalue weighted by atomic mass is 15.0. The molecule has 0 amide bonds. The van der Waals surface area contributed by atoms with Crippen LogP contribution in [0.5, 0.6) is 0 Å². The van der Waals surface area contributed by atoms with Crippen LogP contribution in [-0.2, 0) is 11.8 Å². The number of benzene rings is 6. The Balaban J connectivity index is 1.21. The molecule has 0 N–H and O–H groups in total. The molecule has 8 rings (SSSR count). The number of rotatable bonds is 8. The van der Waals surface area contributed by atoms with Crippen molar-refractivity contribution in [3.05, 3.63) is 192 Å². The standard InChI is InChI=1S/C51H44N4/c1-34-28-35(2)30-41(29-34)43-18-12-13-19-44(43)45-26-22-39(32-46(45)37-20-24-42(25-21-37)51(3,4)5)47-27-23-40(33-52-47)50-54-48(31-36-14-8-6-9-15-36)53-49(55-50)38-16-10-7-11-17-38/h6-30,32-33H,31H2,1-5H3. The molecule has 268 valence electrons. The third kappa shape index (κ3) is 7.90. The highest BCUT2D eigenvalue weighted by molar-refractivity contribution is 5.93. The molecule has 0 aliphatic rings. The summed E-state index contributed by atoms with van der Waals surface area (Å²) in [5.74, 6) is 1.98. The van der Waals surface area contributed by atoms with Gasteiger partial charge in [-0.2, -0.15) is 0 Å². The third-order valence-electron chi connectivity index (χ3n) is 10.1. The quantitative estimate of drug-likeness (QED) is 0.157. The molecule has 55 heavy (non-hydrogen) atoms. The first-order valence-corrected chi connectivity index (χ1v) is 18.9. The van der Waals surface area contributed by atoms with Gasteiger partial charge in [-0.1, -0.05) is 171 Å². The maximum Gasteiger partial charge on any atom is 0.165 e. The predicted molar refractivity (Wildman–Crippen MR) is 228 cm³/mol. The van der Waals surface area contributed by atoms with Gasteiger partial charge in [-0.25, -0.2) is 15.0 Å². The summed E-state index contributed by atoms with van der Waals surface area (Å²) in [5, 5.41) is 0. The van der Waals surface area contributed by atoms with Crippen LogP contribution in [0.2, 0.25) is 0 Å². The van der Waals surface area contributed by atoms with E-state index in [-0.39, 0.29) is 5.41 Å². The van der Waals surface area contributed by atoms with E-state index in [2.05, 4.69) is 144 Å². The SMILES string of the molecule is Cc1cc(C)cc(-c2ccccc2-c2ccc(-c3ccc(-c4nc(Cc5ccccc5)nc(-c5ccccc5)n4)cn3)cc2-c2ccc(C(C)(C)C)cc2)c1. The maximum atomic E-state index is 5.01. The molecule has 4 heteroatoms. The fourth-order valence-electron chi connectivity index (χ4n) is 7.25. The summed E-state index contributed by atoms with van der Waals surface area (Å²) in [6.07, 6.45) is 2.49. The molecule has 0 unspecified atom stereocenters. The minimum absolute atomic E-state index is 0.0627. The molecule has 8 aromatic rings. The lowest BCUT2D eigenvalue weighted by Gasteiger charge is -2.20. The van der Waals surface area contributed by atoms with Crippen molar-refractivity contribution in [2.75, 3.05) is 0 Å². The van der Waals surface area contributed by atoms with E-state index in [0.29, 0.717) is 18.1 Å². The summed E-state index contributed by atoms with van der Waals surface area (Å²) in [6, 6.07) is 55.9. The molecule has 4 nitrogen and oxygen atoms in total. The molecular weight excluding hydrogens is 669 g/mol. The first kappa shape index (κ1) is 35.5. The molecular formula is C51H44N4. The Labute approximate surface area is 324 Å². The minimum Gasteiger partial charge on any atom is -0.255 e. The number of hydrogen-bond acceptors (Lipinski definition) is 4. The van der Waals surface area contributed by atoms with Gasteiger partial charge in [0.1, 0.15) is 5.82 Å². The zero-order valence-corrected chi connectivity index (χ0v) is 32.1. The fourth-order valence-corrected chi connectivity index (χ4v) is 7.25. The molecule has 0 spiro atoms. The smallest absolute Gasteiger partial charge is 0.165 e. The van der Waals surface area contributed by atoms with Crippen molar-refractivity contribution >= 4 is 0 Å². The summed E-state index contributed by atoms with van der Waals surface area (Å²) in [4.78, 5) is 19.7. The molecule has 2 aromatic heterocycles. The largest absolute Gasteiger partial charge is 0.255 e. The van der Waals surface area contributed by atoms with Crippen LogP contribution < -0.4 is 0 Å². The lowest BCUT2D eigenvalue weighted by Crippen LogP contribution is -2.10. The van der Waals surface area contributed by atoms with E-state index in [1.54, 1.807) is 0 Å². The van der Waals surface area contributed by atoms with Crippen LogP contribution in [-0.4, -0.2) is 19.9 Å². The second-order valence-electron chi connectivity index (χ2n) is 15.4. The van der Waals surface area contributed by atoms with Crippen molar-refractivity contribution in [1.82, 2.24) is 19.9 Å². The van der Waals surface area contributed by atoms with E-state index in [4.69, 9.17) is 19.9 Å². The van der Waals surface area contributed by atoms with Crippen molar-refractivity contribution in [2.45, 2.75) is 46.5 Å². The summed E-state index contributed by atoms with van der Waals surface area (Å²) >= 11 is 0. The highest BCUT2D eigenvalue weighted by Crippen LogP contribution is 2.41. The Bertz CT molecular complexity index is 2570. The zero-order valence-electron chi connectivity index (χ0n) is 32.1. The van der Waals surface area contributed by atoms with E-state index in [1.807, 2.05) is 54.7 Å². The van der Waals surface area contributed by atoms with Gasteiger partial charge >= 0.3 is 0 Å². The van der Waals surface area contributed by atoms with Gasteiger partial charge in [0, 0.05) is 29.3 Å². The van der Waals surface area contributed by atoms with Crippen LogP contribution in [0.4, 0.5) is 0 Å². The van der Waals surface area contributed by atoms with Crippen LogP contribution in [0, 0.1) is 13.8 Å². The number of pyridine rings is 1. The van der Waals surface area contributed by atoms with Crippen molar-refractivity contribution in [3.8, 4) is 67.4 Å². The van der Waals surface area contributed by atoms with Gasteiger partial charge in [0.2, 0.25) is 0 Å². The molecule has 0 atom stereocenters. The Morgan fingerprint density at radius 3 is 1.67 bits per heavy atom. The molecule has 0 aliphatic heterocycles. The van der Waals surface area contributed by atoms with Crippen molar-refractivity contribution < 1.29 is 0 Å². The molecule has 6 aromatic carbocycles. The molecule has 2 heterocycles. The summed E-state index contributed by atoms with van der Waals surface area (Å²) in [7, 11) is 0. The first-order valence-electron chi connectivity index (χ1n) is 18.9. The number of nitrogens with zero attached hydrogens (tertiary/aromatic N) is 4. The van der Waals surface area contributed by atoms with Crippen molar-refractivity contribution in [1.29, 1.82) is 0 Å². The van der Waals surface area contributed by atoms with E-state index in [1.165, 1.54) is 44.5 Å². The number of aromatic nitrogens is 4. The predicted octanol–water partition coefficient (Wildman–Crippen LogP) is 12.8. The van der Waals surface area contributed by atoms with Gasteiger partial charge in [0.15, 0.2) is 11.6 Å². The summed E-state index contributed by atoms with van der Waals surface area (Å²) in [5.41, 5.74) is 15.9. The van der Waals surface area contributed by atoms with Crippen LogP contribution in [0.1, 0.15) is 48.8 Å². The number of aryl methyl sites for hydroxylation is 2. The Morgan fingerprint density at radius 2 is 1.02 bits per heavy atom. The second kappa shape index (κ2) is 15.1. The monoisotopic (exact) mass is 712 g/mol. The fraction of sp³-hybridized carbons (Fsp3) is 0.137. The lowest BCUT2D eigenvalue weighted by atomic mass is 9.84. The van der Waals surface area contributed by atoms with Gasteiger partial charge in [0.25, 0.3) is 0 Å². The van der Waals surface area contributed by atoms with Crippen LogP contribution in [0.3, 0.4) is 0 Å². The van der Waals surface area contributed by atoms with E-state index >= 15 is 0 Å². The van der Waals surface area contributed by atoms with Gasteiger partial charge in [-0.05, 0) is 82.0 Å². The van der Waals surface area contributed by atoms with Crippen LogP contribution in [0.25, 0.3) is 67.4 Å². The first-order chi connectivity index (χ1) is 26.7. The highest BCUT2D eigenvalue weighted by Gasteiger charge is 2.18. The zero-order chi connectivity index (χ0) is 37.9. The van der Waals surface area contributed by atoms with Gasteiger partial charge in [-0.15, -0.1) is 0 Å². The average Bonchev–Trinajstić information content (AvgIpc) is 3.21. The molecule has 0 bridgehead atoms.